The van der Waals surface area contributed by atoms with Crippen LogP contribution in [-0.4, -0.2) is 43.4 Å². The maximum atomic E-state index is 14.3. The van der Waals surface area contributed by atoms with Crippen LogP contribution in [0.1, 0.15) is 35.6 Å². The molecule has 192 valence electrons. The Kier molecular flexibility index (Phi) is 8.20. The Bertz CT molecular complexity index is 1330. The molecule has 1 aromatic heterocycles. The lowest BCUT2D eigenvalue weighted by atomic mass is 10.00. The minimum absolute atomic E-state index is 0.0974. The first kappa shape index (κ1) is 25.9. The number of rotatable bonds is 10. The van der Waals surface area contributed by atoms with Gasteiger partial charge in [-0.1, -0.05) is 12.1 Å². The van der Waals surface area contributed by atoms with Crippen LogP contribution in [0, 0.1) is 5.82 Å². The molecular weight excluding hydrogens is 475 g/mol. The summed E-state index contributed by atoms with van der Waals surface area (Å²) in [6, 6.07) is 11.9. The van der Waals surface area contributed by atoms with Crippen molar-refractivity contribution < 1.29 is 28.5 Å². The molecule has 0 saturated heterocycles. The number of ether oxygens (including phenoxy) is 3. The van der Waals surface area contributed by atoms with Crippen LogP contribution in [0.25, 0.3) is 17.2 Å². The van der Waals surface area contributed by atoms with Gasteiger partial charge in [-0.05, 0) is 82.3 Å². The van der Waals surface area contributed by atoms with Gasteiger partial charge in [0.1, 0.15) is 12.4 Å². The monoisotopic (exact) mass is 504 g/mol. The van der Waals surface area contributed by atoms with Crippen LogP contribution < -0.4 is 19.5 Å². The zero-order valence-corrected chi connectivity index (χ0v) is 21.0. The molecule has 1 heterocycles. The van der Waals surface area contributed by atoms with E-state index in [1.165, 1.54) is 26.4 Å². The van der Waals surface area contributed by atoms with Crippen molar-refractivity contribution in [2.75, 3.05) is 27.4 Å². The summed E-state index contributed by atoms with van der Waals surface area (Å²) < 4.78 is 30.9. The van der Waals surface area contributed by atoms with Crippen molar-refractivity contribution in [1.29, 1.82) is 0 Å². The highest BCUT2D eigenvalue weighted by Crippen LogP contribution is 2.45. The van der Waals surface area contributed by atoms with Gasteiger partial charge in [-0.2, -0.15) is 0 Å². The lowest BCUT2D eigenvalue weighted by molar-refractivity contribution is -0.120. The van der Waals surface area contributed by atoms with Crippen LogP contribution in [0.2, 0.25) is 0 Å². The van der Waals surface area contributed by atoms with Crippen molar-refractivity contribution in [3.63, 3.8) is 0 Å². The molecule has 8 heteroatoms. The molecule has 0 unspecified atom stereocenters. The summed E-state index contributed by atoms with van der Waals surface area (Å²) in [6.07, 6.45) is 5.45. The summed E-state index contributed by atoms with van der Waals surface area (Å²) in [5.74, 6) is 0.772. The van der Waals surface area contributed by atoms with E-state index in [9.17, 15) is 9.18 Å². The molecule has 0 spiro atoms. The third-order valence-corrected chi connectivity index (χ3v) is 6.14. The summed E-state index contributed by atoms with van der Waals surface area (Å²) in [5, 5.41) is 12.1. The third kappa shape index (κ3) is 5.81. The Balaban J connectivity index is 1.68. The van der Waals surface area contributed by atoms with Crippen molar-refractivity contribution in [1.82, 2.24) is 10.3 Å². The summed E-state index contributed by atoms with van der Waals surface area (Å²) in [7, 11) is 3.05. The Morgan fingerprint density at radius 3 is 2.51 bits per heavy atom. The normalized spacial score (nSPS) is 13.5. The quantitative estimate of drug-likeness (QED) is 0.418. The van der Waals surface area contributed by atoms with Crippen LogP contribution in [0.3, 0.4) is 0 Å². The van der Waals surface area contributed by atoms with Gasteiger partial charge in [0.25, 0.3) is 0 Å². The molecule has 1 aliphatic rings. The Morgan fingerprint density at radius 2 is 1.86 bits per heavy atom. The molecule has 0 fully saturated rings. The number of hydrogen-bond acceptors (Lipinski definition) is 6. The molecule has 0 radical (unpaired) electrons. The fourth-order valence-corrected chi connectivity index (χ4v) is 4.35. The molecule has 4 rings (SSSR count). The van der Waals surface area contributed by atoms with E-state index in [1.54, 1.807) is 30.6 Å². The van der Waals surface area contributed by atoms with E-state index in [4.69, 9.17) is 19.3 Å². The zero-order chi connectivity index (χ0) is 26.4. The van der Waals surface area contributed by atoms with Crippen LogP contribution in [0.15, 0.2) is 60.4 Å². The Morgan fingerprint density at radius 1 is 1.11 bits per heavy atom. The third-order valence-electron chi connectivity index (χ3n) is 6.14. The zero-order valence-electron chi connectivity index (χ0n) is 21.0. The van der Waals surface area contributed by atoms with E-state index in [0.717, 1.165) is 33.4 Å². The van der Waals surface area contributed by atoms with E-state index < -0.39 is 0 Å². The number of aliphatic hydroxyl groups is 1. The van der Waals surface area contributed by atoms with Crippen molar-refractivity contribution in [2.24, 2.45) is 0 Å². The summed E-state index contributed by atoms with van der Waals surface area (Å²) in [6.45, 7) is 2.25. The standard InChI is InChI=1S/C29H29FN2O5/c1-18-23(11-20-12-26(35-2)29(37-10-9-33)27(13-20)36-3)22-7-6-21(30)14-25(22)24(18)15-28(34)32-17-19-5-4-8-31-16-19/h4-8,11-14,16,33H,9-10,15,17H2,1-3H3,(H,32,34). The van der Waals surface area contributed by atoms with E-state index in [0.29, 0.717) is 29.4 Å². The molecule has 1 aliphatic carbocycles. The van der Waals surface area contributed by atoms with Crippen LogP contribution >= 0.6 is 0 Å². The van der Waals surface area contributed by atoms with E-state index in [1.807, 2.05) is 25.1 Å². The van der Waals surface area contributed by atoms with Gasteiger partial charge in [0.05, 0.1) is 27.2 Å². The number of fused-ring (bicyclic) bond motifs is 1. The molecule has 3 aromatic rings. The van der Waals surface area contributed by atoms with Crippen molar-refractivity contribution in [3.05, 3.63) is 88.5 Å². The molecule has 0 atom stereocenters. The van der Waals surface area contributed by atoms with Crippen LogP contribution in [0.4, 0.5) is 4.39 Å². The number of halogens is 1. The van der Waals surface area contributed by atoms with Gasteiger partial charge >= 0.3 is 0 Å². The second-order valence-electron chi connectivity index (χ2n) is 8.49. The van der Waals surface area contributed by atoms with E-state index in [-0.39, 0.29) is 31.4 Å². The molecule has 2 N–H and O–H groups in total. The number of nitrogens with zero attached hydrogens (tertiary/aromatic N) is 1. The van der Waals surface area contributed by atoms with Gasteiger partial charge in [-0.25, -0.2) is 4.39 Å². The van der Waals surface area contributed by atoms with Gasteiger partial charge in [-0.15, -0.1) is 0 Å². The highest BCUT2D eigenvalue weighted by molar-refractivity contribution is 6.08. The lowest BCUT2D eigenvalue weighted by Crippen LogP contribution is -2.22. The first-order valence-electron chi connectivity index (χ1n) is 11.8. The molecule has 7 nitrogen and oxygen atoms in total. The number of methoxy groups -OCH3 is 2. The predicted molar refractivity (Wildman–Crippen MR) is 140 cm³/mol. The molecule has 1 amide bonds. The number of aromatic nitrogens is 1. The maximum absolute atomic E-state index is 14.3. The average Bonchev–Trinajstić information content (AvgIpc) is 3.16. The Hall–Kier alpha value is -4.17. The maximum Gasteiger partial charge on any atom is 0.224 e. The summed E-state index contributed by atoms with van der Waals surface area (Å²) in [5.41, 5.74) is 5.74. The lowest BCUT2D eigenvalue weighted by Gasteiger charge is -2.15. The van der Waals surface area contributed by atoms with Gasteiger partial charge in [0.2, 0.25) is 11.7 Å². The summed E-state index contributed by atoms with van der Waals surface area (Å²) in [4.78, 5) is 16.9. The number of carbonyl (C=O) groups is 1. The first-order chi connectivity index (χ1) is 17.9. The topological polar surface area (TPSA) is 89.9 Å². The minimum Gasteiger partial charge on any atom is -0.493 e. The minimum atomic E-state index is -0.366. The smallest absolute Gasteiger partial charge is 0.224 e. The number of amides is 1. The SMILES string of the molecule is COc1cc(C=C2C(C)=C(CC(=O)NCc3cccnc3)c3cc(F)ccc32)cc(OC)c1OCCO. The fraction of sp³-hybridized carbons (Fsp3) is 0.241. The fourth-order valence-electron chi connectivity index (χ4n) is 4.35. The highest BCUT2D eigenvalue weighted by atomic mass is 19.1. The van der Waals surface area contributed by atoms with Crippen LogP contribution in [0.5, 0.6) is 17.2 Å². The largest absolute Gasteiger partial charge is 0.493 e. The highest BCUT2D eigenvalue weighted by Gasteiger charge is 2.26. The number of aliphatic hydroxyl groups excluding tert-OH is 1. The number of hydrogen-bond donors (Lipinski definition) is 2. The van der Waals surface area contributed by atoms with Crippen molar-refractivity contribution >= 4 is 23.1 Å². The number of pyridine rings is 1. The van der Waals surface area contributed by atoms with Gasteiger partial charge in [0, 0.05) is 18.9 Å². The Labute approximate surface area is 215 Å². The second kappa shape index (κ2) is 11.7. The molecule has 0 bridgehead atoms. The van der Waals surface area contributed by atoms with Gasteiger partial charge < -0.3 is 24.6 Å². The molecule has 0 aliphatic heterocycles. The number of nitrogens with one attached hydrogen (secondary N) is 1. The molecule has 2 aromatic carbocycles. The predicted octanol–water partition coefficient (Wildman–Crippen LogP) is 4.64. The van der Waals surface area contributed by atoms with Crippen molar-refractivity contribution in [2.45, 2.75) is 19.9 Å². The van der Waals surface area contributed by atoms with Gasteiger partial charge in [-0.3, -0.25) is 9.78 Å². The van der Waals surface area contributed by atoms with Crippen molar-refractivity contribution in [3.8, 4) is 17.2 Å². The average molecular weight is 505 g/mol. The first-order valence-corrected chi connectivity index (χ1v) is 11.8. The van der Waals surface area contributed by atoms with E-state index >= 15 is 0 Å². The molecule has 37 heavy (non-hydrogen) atoms. The van der Waals surface area contributed by atoms with Gasteiger partial charge in [0.15, 0.2) is 11.5 Å². The number of carbonyl (C=O) groups excluding carboxylic acids is 1. The van der Waals surface area contributed by atoms with Crippen LogP contribution in [-0.2, 0) is 11.3 Å². The molecule has 0 saturated carbocycles. The summed E-state index contributed by atoms with van der Waals surface area (Å²) >= 11 is 0. The number of benzene rings is 2. The van der Waals surface area contributed by atoms with E-state index in [2.05, 4.69) is 10.3 Å². The molecular formula is C29H29FN2O5. The second-order valence-corrected chi connectivity index (χ2v) is 8.49. The number of allylic oxidation sites excluding steroid dienone is 2.